The summed E-state index contributed by atoms with van der Waals surface area (Å²) < 4.78 is 73.0. The molecule has 0 saturated heterocycles. The van der Waals surface area contributed by atoms with Crippen LogP contribution in [0.25, 0.3) is 0 Å². The van der Waals surface area contributed by atoms with Crippen LogP contribution in [-0.4, -0.2) is 38.4 Å². The van der Waals surface area contributed by atoms with E-state index in [0.717, 1.165) is 11.4 Å². The summed E-state index contributed by atoms with van der Waals surface area (Å²) in [6.07, 6.45) is -4.01. The fraction of sp³-hybridized carbons (Fsp3) is 0.375. The predicted octanol–water partition coefficient (Wildman–Crippen LogP) is 1.62. The Bertz CT molecular complexity index is 569. The van der Waals surface area contributed by atoms with E-state index in [9.17, 15) is 30.8 Å². The number of thiophene rings is 1. The molecule has 0 radical (unpaired) electrons. The van der Waals surface area contributed by atoms with Crippen molar-refractivity contribution in [2.75, 3.05) is 6.54 Å². The van der Waals surface area contributed by atoms with Crippen molar-refractivity contribution in [2.45, 2.75) is 17.2 Å². The summed E-state index contributed by atoms with van der Waals surface area (Å²) in [5.74, 6) is -5.89. The van der Waals surface area contributed by atoms with Gasteiger partial charge in [0.15, 0.2) is 0 Å². The van der Waals surface area contributed by atoms with Crippen molar-refractivity contribution >= 4 is 27.3 Å². The highest BCUT2D eigenvalue weighted by Gasteiger charge is 2.41. The summed E-state index contributed by atoms with van der Waals surface area (Å²) in [5.41, 5.74) is 0. The van der Waals surface area contributed by atoms with Gasteiger partial charge in [-0.3, -0.25) is 0 Å². The van der Waals surface area contributed by atoms with E-state index in [1.807, 2.05) is 0 Å². The Morgan fingerprint density at radius 1 is 1.47 bits per heavy atom. The largest absolute Gasteiger partial charge is 0.477 e. The first-order valence-electron chi connectivity index (χ1n) is 4.54. The van der Waals surface area contributed by atoms with Crippen molar-refractivity contribution < 1.29 is 35.9 Å². The first-order valence-corrected chi connectivity index (χ1v) is 6.90. The molecule has 0 atom stereocenters. The molecule has 1 rings (SSSR count). The fourth-order valence-corrected chi connectivity index (χ4v) is 3.08. The van der Waals surface area contributed by atoms with Crippen LogP contribution in [0.4, 0.5) is 17.6 Å². The lowest BCUT2D eigenvalue weighted by Crippen LogP contribution is -2.41. The standard InChI is InChI=1S/C8H7F4NO4S2/c9-7(10)8(11,12)3-13-19(16,17)4-1-5(6(14)15)18-2-4/h1-2,7,13H,3H2,(H,14,15). The summed E-state index contributed by atoms with van der Waals surface area (Å²) in [4.78, 5) is 9.64. The minimum absolute atomic E-state index is 0.319. The van der Waals surface area contributed by atoms with Crippen LogP contribution < -0.4 is 4.72 Å². The molecule has 0 bridgehead atoms. The summed E-state index contributed by atoms with van der Waals surface area (Å²) in [6.45, 7) is -1.77. The van der Waals surface area contributed by atoms with Gasteiger partial charge < -0.3 is 5.11 Å². The Hall–Kier alpha value is -1.20. The lowest BCUT2D eigenvalue weighted by Gasteiger charge is -2.15. The van der Waals surface area contributed by atoms with E-state index in [0.29, 0.717) is 11.3 Å². The SMILES string of the molecule is O=C(O)c1cc(S(=O)(=O)NCC(F)(F)C(F)F)cs1. The molecule has 0 amide bonds. The summed E-state index contributed by atoms with van der Waals surface area (Å²) >= 11 is 0.570. The number of nitrogens with one attached hydrogen (secondary N) is 1. The molecule has 0 saturated carbocycles. The molecule has 11 heteroatoms. The van der Waals surface area contributed by atoms with Crippen LogP contribution in [0.1, 0.15) is 9.67 Å². The molecule has 1 aromatic rings. The van der Waals surface area contributed by atoms with Crippen LogP contribution in [-0.2, 0) is 10.0 Å². The number of hydrogen-bond acceptors (Lipinski definition) is 4. The number of hydrogen-bond donors (Lipinski definition) is 2. The van der Waals surface area contributed by atoms with E-state index < -0.39 is 39.8 Å². The number of sulfonamides is 1. The molecule has 0 spiro atoms. The molecule has 0 unspecified atom stereocenters. The molecular formula is C8H7F4NO4S2. The Labute approximate surface area is 108 Å². The van der Waals surface area contributed by atoms with Gasteiger partial charge in [0.2, 0.25) is 10.0 Å². The third-order valence-electron chi connectivity index (χ3n) is 1.91. The Morgan fingerprint density at radius 2 is 2.05 bits per heavy atom. The molecule has 2 N–H and O–H groups in total. The van der Waals surface area contributed by atoms with Crippen molar-refractivity contribution in [3.05, 3.63) is 16.3 Å². The van der Waals surface area contributed by atoms with Gasteiger partial charge in [-0.15, -0.1) is 11.3 Å². The highest BCUT2D eigenvalue weighted by atomic mass is 32.2. The predicted molar refractivity (Wildman–Crippen MR) is 57.4 cm³/mol. The van der Waals surface area contributed by atoms with Gasteiger partial charge in [-0.25, -0.2) is 26.7 Å². The molecule has 0 aliphatic carbocycles. The first-order chi connectivity index (χ1) is 8.56. The molecule has 0 aliphatic heterocycles. The van der Waals surface area contributed by atoms with Gasteiger partial charge in [0, 0.05) is 5.38 Å². The molecule has 0 aromatic carbocycles. The van der Waals surface area contributed by atoms with E-state index in [4.69, 9.17) is 5.11 Å². The molecule has 108 valence electrons. The van der Waals surface area contributed by atoms with Gasteiger partial charge in [0.25, 0.3) is 0 Å². The van der Waals surface area contributed by atoms with Crippen molar-refractivity contribution in [1.29, 1.82) is 0 Å². The number of carbonyl (C=O) groups is 1. The van der Waals surface area contributed by atoms with Crippen molar-refractivity contribution in [1.82, 2.24) is 4.72 Å². The highest BCUT2D eigenvalue weighted by molar-refractivity contribution is 7.89. The second-order valence-corrected chi connectivity index (χ2v) is 6.02. The third kappa shape index (κ3) is 3.88. The average Bonchev–Trinajstić information content (AvgIpc) is 2.76. The van der Waals surface area contributed by atoms with Gasteiger partial charge in [0.05, 0.1) is 11.4 Å². The number of alkyl halides is 4. The zero-order valence-electron chi connectivity index (χ0n) is 8.94. The topological polar surface area (TPSA) is 83.5 Å². The van der Waals surface area contributed by atoms with Crippen LogP contribution in [0.3, 0.4) is 0 Å². The molecule has 0 fully saturated rings. The number of rotatable bonds is 6. The Balaban J connectivity index is 2.84. The third-order valence-corrected chi connectivity index (χ3v) is 4.36. The molecule has 1 aromatic heterocycles. The lowest BCUT2D eigenvalue weighted by atomic mass is 10.4. The number of halogens is 4. The van der Waals surface area contributed by atoms with Crippen molar-refractivity contribution in [3.63, 3.8) is 0 Å². The van der Waals surface area contributed by atoms with Gasteiger partial charge >= 0.3 is 18.3 Å². The highest BCUT2D eigenvalue weighted by Crippen LogP contribution is 2.23. The van der Waals surface area contributed by atoms with Crippen LogP contribution >= 0.6 is 11.3 Å². The molecule has 0 aliphatic rings. The number of aromatic carboxylic acids is 1. The van der Waals surface area contributed by atoms with Crippen molar-refractivity contribution in [3.8, 4) is 0 Å². The van der Waals surface area contributed by atoms with Crippen LogP contribution in [0.15, 0.2) is 16.3 Å². The maximum atomic E-state index is 12.6. The molecule has 19 heavy (non-hydrogen) atoms. The lowest BCUT2D eigenvalue weighted by molar-refractivity contribution is -0.122. The van der Waals surface area contributed by atoms with E-state index in [1.165, 1.54) is 4.72 Å². The second kappa shape index (κ2) is 5.43. The second-order valence-electron chi connectivity index (χ2n) is 3.34. The van der Waals surface area contributed by atoms with Crippen molar-refractivity contribution in [2.24, 2.45) is 0 Å². The van der Waals surface area contributed by atoms with E-state index in [-0.39, 0.29) is 4.88 Å². The zero-order chi connectivity index (χ0) is 14.8. The summed E-state index contributed by atoms with van der Waals surface area (Å²) in [6, 6.07) is 0.746. The molecule has 1 heterocycles. The zero-order valence-corrected chi connectivity index (χ0v) is 10.6. The minimum Gasteiger partial charge on any atom is -0.477 e. The van der Waals surface area contributed by atoms with Gasteiger partial charge in [-0.05, 0) is 6.07 Å². The summed E-state index contributed by atoms with van der Waals surface area (Å²) in [5, 5.41) is 9.48. The number of carboxylic acids is 1. The normalized spacial score (nSPS) is 12.9. The Morgan fingerprint density at radius 3 is 2.47 bits per heavy atom. The maximum absolute atomic E-state index is 12.6. The quantitative estimate of drug-likeness (QED) is 0.780. The monoisotopic (exact) mass is 321 g/mol. The van der Waals surface area contributed by atoms with E-state index >= 15 is 0 Å². The first kappa shape index (κ1) is 15.9. The molecular weight excluding hydrogens is 314 g/mol. The van der Waals surface area contributed by atoms with Crippen LogP contribution in [0, 0.1) is 0 Å². The van der Waals surface area contributed by atoms with Crippen LogP contribution in [0.5, 0.6) is 0 Å². The van der Waals surface area contributed by atoms with Gasteiger partial charge in [-0.1, -0.05) is 0 Å². The fourth-order valence-electron chi connectivity index (χ4n) is 0.924. The maximum Gasteiger partial charge on any atom is 0.345 e. The summed E-state index contributed by atoms with van der Waals surface area (Å²) in [7, 11) is -4.46. The van der Waals surface area contributed by atoms with Crippen LogP contribution in [0.2, 0.25) is 0 Å². The average molecular weight is 321 g/mol. The van der Waals surface area contributed by atoms with Gasteiger partial charge in [0.1, 0.15) is 4.88 Å². The molecule has 5 nitrogen and oxygen atoms in total. The number of carboxylic acid groups (broad SMARTS) is 1. The smallest absolute Gasteiger partial charge is 0.345 e. The minimum atomic E-state index is -4.50. The van der Waals surface area contributed by atoms with E-state index in [1.54, 1.807) is 0 Å². The van der Waals surface area contributed by atoms with Gasteiger partial charge in [-0.2, -0.15) is 8.78 Å². The van der Waals surface area contributed by atoms with E-state index in [2.05, 4.69) is 0 Å². The Kier molecular flexibility index (Phi) is 4.53.